The summed E-state index contributed by atoms with van der Waals surface area (Å²) in [5.41, 5.74) is -2.81. The van der Waals surface area contributed by atoms with Gasteiger partial charge in [0.2, 0.25) is 6.29 Å². The molecule has 11 atom stereocenters. The number of ether oxygens (including phenoxy) is 6. The second-order valence-corrected chi connectivity index (χ2v) is 12.3. The second kappa shape index (κ2) is 9.48. The molecule has 0 aromatic rings. The fourth-order valence-corrected chi connectivity index (χ4v) is 7.86. The van der Waals surface area contributed by atoms with E-state index >= 15 is 0 Å². The third-order valence-electron chi connectivity index (χ3n) is 10.0. The van der Waals surface area contributed by atoms with Crippen LogP contribution in [0.3, 0.4) is 0 Å². The summed E-state index contributed by atoms with van der Waals surface area (Å²) in [6, 6.07) is 0. The summed E-state index contributed by atoms with van der Waals surface area (Å²) in [6.07, 6.45) is 1.79. The van der Waals surface area contributed by atoms with E-state index in [2.05, 4.69) is 13.8 Å². The molecule has 212 valence electrons. The SMILES string of the molecule is CC(=O)OC[C@@]12[C@@H](OC(C)=O)C[C@@H](C)[C@](C)([C@H]3C[C@H]4C=CO[C@H]4O3)[C@H]1C[C@@H](O)[C@H](OC(=O)C(C)C)[C@]21CO1. The summed E-state index contributed by atoms with van der Waals surface area (Å²) in [5, 5.41) is 11.5. The Morgan fingerprint density at radius 2 is 1.82 bits per heavy atom. The van der Waals surface area contributed by atoms with Crippen LogP contribution in [0.1, 0.15) is 60.8 Å². The van der Waals surface area contributed by atoms with Crippen LogP contribution in [0.4, 0.5) is 0 Å². The molecule has 0 radical (unpaired) electrons. The number of hydrogen-bond donors (Lipinski definition) is 1. The van der Waals surface area contributed by atoms with Crippen LogP contribution in [-0.4, -0.2) is 72.5 Å². The van der Waals surface area contributed by atoms with Crippen molar-refractivity contribution in [3.05, 3.63) is 12.3 Å². The number of aliphatic hydroxyl groups is 1. The van der Waals surface area contributed by atoms with Crippen LogP contribution in [-0.2, 0) is 42.8 Å². The molecule has 4 fully saturated rings. The largest absolute Gasteiger partial charge is 0.472 e. The minimum Gasteiger partial charge on any atom is -0.472 e. The first-order chi connectivity index (χ1) is 17.9. The number of aliphatic hydroxyl groups excluding tert-OH is 1. The van der Waals surface area contributed by atoms with Gasteiger partial charge in [0.05, 0.1) is 36.4 Å². The molecule has 2 saturated heterocycles. The van der Waals surface area contributed by atoms with Gasteiger partial charge in [-0.25, -0.2) is 0 Å². The molecule has 3 aliphatic heterocycles. The number of fused-ring (bicyclic) bond motifs is 3. The van der Waals surface area contributed by atoms with E-state index in [1.165, 1.54) is 13.8 Å². The van der Waals surface area contributed by atoms with Crippen molar-refractivity contribution in [2.24, 2.45) is 34.5 Å². The van der Waals surface area contributed by atoms with Gasteiger partial charge in [-0.3, -0.25) is 14.4 Å². The first-order valence-electron chi connectivity index (χ1n) is 13.7. The van der Waals surface area contributed by atoms with Gasteiger partial charge in [-0.15, -0.1) is 0 Å². The van der Waals surface area contributed by atoms with Crippen LogP contribution in [0, 0.1) is 34.5 Å². The smallest absolute Gasteiger partial charge is 0.308 e. The maximum atomic E-state index is 12.8. The Morgan fingerprint density at radius 3 is 2.39 bits per heavy atom. The van der Waals surface area contributed by atoms with E-state index < -0.39 is 58.6 Å². The normalized spacial score (nSPS) is 46.7. The fourth-order valence-electron chi connectivity index (χ4n) is 7.86. The lowest BCUT2D eigenvalue weighted by atomic mass is 9.41. The van der Waals surface area contributed by atoms with Gasteiger partial charge in [0, 0.05) is 25.2 Å². The molecule has 38 heavy (non-hydrogen) atoms. The molecule has 1 N–H and O–H groups in total. The molecule has 5 aliphatic rings. The number of epoxide rings is 1. The number of esters is 3. The number of rotatable bonds is 6. The van der Waals surface area contributed by atoms with E-state index in [4.69, 9.17) is 28.4 Å². The lowest BCUT2D eigenvalue weighted by Crippen LogP contribution is -2.74. The van der Waals surface area contributed by atoms with Crippen LogP contribution in [0.2, 0.25) is 0 Å². The Labute approximate surface area is 223 Å². The predicted molar refractivity (Wildman–Crippen MR) is 131 cm³/mol. The summed E-state index contributed by atoms with van der Waals surface area (Å²) in [7, 11) is 0. The average molecular weight is 537 g/mol. The van der Waals surface area contributed by atoms with Crippen molar-refractivity contribution in [2.75, 3.05) is 13.2 Å². The molecule has 2 aliphatic carbocycles. The fraction of sp³-hybridized carbons (Fsp3) is 0.821. The van der Waals surface area contributed by atoms with Crippen molar-refractivity contribution in [1.82, 2.24) is 0 Å². The van der Waals surface area contributed by atoms with Gasteiger partial charge in [-0.05, 0) is 37.2 Å². The van der Waals surface area contributed by atoms with Crippen molar-refractivity contribution in [2.45, 2.75) is 97.1 Å². The number of carbonyl (C=O) groups is 3. The third kappa shape index (κ3) is 3.97. The molecule has 10 nitrogen and oxygen atoms in total. The Kier molecular flexibility index (Phi) is 6.84. The molecule has 0 aromatic carbocycles. The van der Waals surface area contributed by atoms with Gasteiger partial charge < -0.3 is 33.5 Å². The molecule has 1 spiro atoms. The third-order valence-corrected chi connectivity index (χ3v) is 10.0. The standard InChI is InChI=1S/C28H40O10/c1-14(2)24(32)38-23-19(31)11-20-26(6,21-10-18-7-8-33-25(18)37-21)15(3)9-22(36-17(5)30)27(20,12-34-16(4)29)28(23)13-35-28/h7-8,14-15,18-23,25,31H,9-13H2,1-6H3/t15-,18-,19-,20-,21-,22+,23+,25+,26+,27+,28-/m1/s1. The molecule has 0 unspecified atom stereocenters. The minimum absolute atomic E-state index is 0.00729. The molecule has 5 rings (SSSR count). The van der Waals surface area contributed by atoms with E-state index in [-0.39, 0.29) is 49.8 Å². The number of carbonyl (C=O) groups excluding carboxylic acids is 3. The second-order valence-electron chi connectivity index (χ2n) is 12.3. The van der Waals surface area contributed by atoms with Crippen LogP contribution >= 0.6 is 0 Å². The monoisotopic (exact) mass is 536 g/mol. The topological polar surface area (TPSA) is 130 Å². The van der Waals surface area contributed by atoms with E-state index in [0.29, 0.717) is 6.42 Å². The van der Waals surface area contributed by atoms with Crippen LogP contribution in [0.25, 0.3) is 0 Å². The van der Waals surface area contributed by atoms with Crippen molar-refractivity contribution < 1.29 is 47.9 Å². The first-order valence-corrected chi connectivity index (χ1v) is 13.7. The Hall–Kier alpha value is -2.17. The molecule has 0 bridgehead atoms. The van der Waals surface area contributed by atoms with Crippen molar-refractivity contribution in [1.29, 1.82) is 0 Å². The zero-order valence-electron chi connectivity index (χ0n) is 23.0. The van der Waals surface area contributed by atoms with Crippen molar-refractivity contribution >= 4 is 17.9 Å². The van der Waals surface area contributed by atoms with Gasteiger partial charge >= 0.3 is 17.9 Å². The molecular weight excluding hydrogens is 496 g/mol. The van der Waals surface area contributed by atoms with E-state index in [0.717, 1.165) is 6.42 Å². The molecule has 2 saturated carbocycles. The maximum absolute atomic E-state index is 12.8. The lowest BCUT2D eigenvalue weighted by Gasteiger charge is -2.65. The summed E-state index contributed by atoms with van der Waals surface area (Å²) in [6.45, 7) is 10.4. The van der Waals surface area contributed by atoms with Gasteiger partial charge in [0.1, 0.15) is 18.3 Å². The Bertz CT molecular complexity index is 1000. The van der Waals surface area contributed by atoms with Crippen LogP contribution < -0.4 is 0 Å². The minimum atomic E-state index is -1.19. The van der Waals surface area contributed by atoms with Gasteiger partial charge in [0.15, 0.2) is 6.10 Å². The van der Waals surface area contributed by atoms with Crippen molar-refractivity contribution in [3.63, 3.8) is 0 Å². The molecule has 10 heteroatoms. The van der Waals surface area contributed by atoms with E-state index in [1.54, 1.807) is 20.1 Å². The Morgan fingerprint density at radius 1 is 1.11 bits per heavy atom. The summed E-state index contributed by atoms with van der Waals surface area (Å²) in [4.78, 5) is 37.4. The molecule has 3 heterocycles. The summed E-state index contributed by atoms with van der Waals surface area (Å²) in [5.74, 6) is -2.05. The molecular formula is C28H40O10. The Balaban J connectivity index is 1.64. The van der Waals surface area contributed by atoms with Gasteiger partial charge in [0.25, 0.3) is 0 Å². The highest BCUT2D eigenvalue weighted by molar-refractivity contribution is 5.72. The maximum Gasteiger partial charge on any atom is 0.308 e. The van der Waals surface area contributed by atoms with Gasteiger partial charge in [-0.2, -0.15) is 0 Å². The summed E-state index contributed by atoms with van der Waals surface area (Å²) < 4.78 is 36.0. The zero-order valence-corrected chi connectivity index (χ0v) is 23.0. The zero-order chi connectivity index (χ0) is 27.6. The molecule has 0 amide bonds. The first kappa shape index (κ1) is 27.4. The highest BCUT2D eigenvalue weighted by Gasteiger charge is 2.81. The lowest BCUT2D eigenvalue weighted by molar-refractivity contribution is -0.284. The van der Waals surface area contributed by atoms with Crippen molar-refractivity contribution in [3.8, 4) is 0 Å². The molecule has 0 aromatic heterocycles. The van der Waals surface area contributed by atoms with Crippen LogP contribution in [0.15, 0.2) is 12.3 Å². The van der Waals surface area contributed by atoms with Gasteiger partial charge in [-0.1, -0.05) is 27.7 Å². The summed E-state index contributed by atoms with van der Waals surface area (Å²) >= 11 is 0. The number of hydrogen-bond acceptors (Lipinski definition) is 10. The van der Waals surface area contributed by atoms with Crippen LogP contribution in [0.5, 0.6) is 0 Å². The highest BCUT2D eigenvalue weighted by Crippen LogP contribution is 2.70. The predicted octanol–water partition coefficient (Wildman–Crippen LogP) is 2.51. The quantitative estimate of drug-likeness (QED) is 0.307. The highest BCUT2D eigenvalue weighted by atomic mass is 16.7. The van der Waals surface area contributed by atoms with E-state index in [9.17, 15) is 19.5 Å². The van der Waals surface area contributed by atoms with E-state index in [1.807, 2.05) is 6.08 Å². The average Bonchev–Trinajstić information content (AvgIpc) is 3.31.